The Labute approximate surface area is 97.0 Å². The second kappa shape index (κ2) is 11.1. The van der Waals surface area contributed by atoms with Crippen LogP contribution in [0.5, 0.6) is 0 Å². The molecule has 1 amide bonds. The number of carbonyl (C=O) groups is 1. The average molecular weight is 241 g/mol. The van der Waals surface area contributed by atoms with Crippen LogP contribution < -0.4 is 11.1 Å². The number of nitrogens with two attached hydrogens (primary N) is 1. The van der Waals surface area contributed by atoms with E-state index in [1.54, 1.807) is 0 Å². The molecule has 0 saturated heterocycles. The minimum Gasteiger partial charge on any atom is -0.351 e. The van der Waals surface area contributed by atoms with E-state index in [1.165, 1.54) is 11.8 Å². The predicted octanol–water partition coefficient (Wildman–Crippen LogP) is 1.40. The van der Waals surface area contributed by atoms with Gasteiger partial charge in [0.2, 0.25) is 5.91 Å². The van der Waals surface area contributed by atoms with Gasteiger partial charge in [-0.25, -0.2) is 0 Å². The predicted molar refractivity (Wildman–Crippen MR) is 66.1 cm³/mol. The Hall–Kier alpha value is 0.0700. The van der Waals surface area contributed by atoms with Crippen molar-refractivity contribution in [2.75, 3.05) is 18.6 Å². The summed E-state index contributed by atoms with van der Waals surface area (Å²) in [4.78, 5) is 11.2. The molecule has 0 heterocycles. The van der Waals surface area contributed by atoms with Gasteiger partial charge in [-0.3, -0.25) is 4.79 Å². The van der Waals surface area contributed by atoms with Gasteiger partial charge in [0.05, 0.1) is 5.75 Å². The van der Waals surface area contributed by atoms with Gasteiger partial charge in [0.1, 0.15) is 0 Å². The number of hydrogen-bond acceptors (Lipinski definition) is 3. The Morgan fingerprint density at radius 1 is 1.57 bits per heavy atom. The topological polar surface area (TPSA) is 55.1 Å². The fraction of sp³-hybridized carbons (Fsp3) is 0.889. The molecule has 0 aromatic rings. The van der Waals surface area contributed by atoms with E-state index >= 15 is 0 Å². The van der Waals surface area contributed by atoms with Crippen molar-refractivity contribution >= 4 is 30.1 Å². The van der Waals surface area contributed by atoms with Gasteiger partial charge < -0.3 is 11.1 Å². The van der Waals surface area contributed by atoms with Crippen LogP contribution in [0.3, 0.4) is 0 Å². The summed E-state index contributed by atoms with van der Waals surface area (Å²) in [5, 5.41) is 2.92. The van der Waals surface area contributed by atoms with Gasteiger partial charge in [-0.15, -0.1) is 12.4 Å². The maximum absolute atomic E-state index is 11.2. The van der Waals surface area contributed by atoms with Crippen LogP contribution in [0.4, 0.5) is 0 Å². The summed E-state index contributed by atoms with van der Waals surface area (Å²) < 4.78 is 0. The van der Waals surface area contributed by atoms with E-state index in [0.29, 0.717) is 12.3 Å². The summed E-state index contributed by atoms with van der Waals surface area (Å²) in [7, 11) is 0. The first-order valence-corrected chi connectivity index (χ1v) is 6.12. The van der Waals surface area contributed by atoms with Crippen molar-refractivity contribution in [3.05, 3.63) is 0 Å². The van der Waals surface area contributed by atoms with Gasteiger partial charge in [0, 0.05) is 12.6 Å². The SMILES string of the molecule is CCCCC(CN)NC(=O)CSC.Cl. The van der Waals surface area contributed by atoms with Crippen LogP contribution in [0.2, 0.25) is 0 Å². The van der Waals surface area contributed by atoms with Crippen molar-refractivity contribution in [3.63, 3.8) is 0 Å². The highest BCUT2D eigenvalue weighted by molar-refractivity contribution is 7.99. The molecule has 3 nitrogen and oxygen atoms in total. The van der Waals surface area contributed by atoms with Crippen LogP contribution in [0, 0.1) is 0 Å². The molecular formula is C9H21ClN2OS. The molecule has 0 bridgehead atoms. The van der Waals surface area contributed by atoms with Crippen molar-refractivity contribution < 1.29 is 4.79 Å². The fourth-order valence-electron chi connectivity index (χ4n) is 1.10. The number of hydrogen-bond donors (Lipinski definition) is 2. The summed E-state index contributed by atoms with van der Waals surface area (Å²) in [5.74, 6) is 0.627. The summed E-state index contributed by atoms with van der Waals surface area (Å²) in [5.41, 5.74) is 5.54. The molecule has 0 rings (SSSR count). The van der Waals surface area contributed by atoms with Crippen LogP contribution in [0.25, 0.3) is 0 Å². The Bertz CT molecular complexity index is 147. The number of unbranched alkanes of at least 4 members (excludes halogenated alkanes) is 1. The molecule has 0 radical (unpaired) electrons. The lowest BCUT2D eigenvalue weighted by Crippen LogP contribution is -2.40. The molecule has 0 aromatic heterocycles. The standard InChI is InChI=1S/C9H20N2OS.ClH/c1-3-4-5-8(6-10)11-9(12)7-13-2;/h8H,3-7,10H2,1-2H3,(H,11,12);1H. The lowest BCUT2D eigenvalue weighted by Gasteiger charge is -2.15. The van der Waals surface area contributed by atoms with Crippen LogP contribution in [0.1, 0.15) is 26.2 Å². The Morgan fingerprint density at radius 3 is 2.64 bits per heavy atom. The van der Waals surface area contributed by atoms with Gasteiger partial charge in [-0.2, -0.15) is 11.8 Å². The van der Waals surface area contributed by atoms with Crippen molar-refractivity contribution in [3.8, 4) is 0 Å². The first-order chi connectivity index (χ1) is 6.24. The third-order valence-corrected chi connectivity index (χ3v) is 2.38. The lowest BCUT2D eigenvalue weighted by atomic mass is 10.1. The maximum Gasteiger partial charge on any atom is 0.230 e. The van der Waals surface area contributed by atoms with E-state index in [0.717, 1.165) is 19.3 Å². The minimum absolute atomic E-state index is 0. The first-order valence-electron chi connectivity index (χ1n) is 4.73. The number of carbonyl (C=O) groups excluding carboxylic acids is 1. The molecule has 0 aliphatic carbocycles. The average Bonchev–Trinajstić information content (AvgIpc) is 2.12. The van der Waals surface area contributed by atoms with E-state index in [2.05, 4.69) is 12.2 Å². The second-order valence-electron chi connectivity index (χ2n) is 3.08. The van der Waals surface area contributed by atoms with Crippen LogP contribution in [0.15, 0.2) is 0 Å². The van der Waals surface area contributed by atoms with Gasteiger partial charge in [0.25, 0.3) is 0 Å². The second-order valence-corrected chi connectivity index (χ2v) is 3.94. The van der Waals surface area contributed by atoms with E-state index in [9.17, 15) is 4.79 Å². The van der Waals surface area contributed by atoms with E-state index in [-0.39, 0.29) is 24.4 Å². The van der Waals surface area contributed by atoms with Crippen molar-refractivity contribution in [2.45, 2.75) is 32.2 Å². The number of thioether (sulfide) groups is 1. The van der Waals surface area contributed by atoms with Gasteiger partial charge >= 0.3 is 0 Å². The molecule has 1 unspecified atom stereocenters. The molecule has 3 N–H and O–H groups in total. The number of rotatable bonds is 7. The van der Waals surface area contributed by atoms with Crippen molar-refractivity contribution in [1.82, 2.24) is 5.32 Å². The molecule has 0 spiro atoms. The maximum atomic E-state index is 11.2. The monoisotopic (exact) mass is 240 g/mol. The van der Waals surface area contributed by atoms with Gasteiger partial charge in [0.15, 0.2) is 0 Å². The first kappa shape index (κ1) is 16.5. The zero-order chi connectivity index (χ0) is 10.1. The Balaban J connectivity index is 0. The molecule has 0 fully saturated rings. The molecule has 1 atom stereocenters. The third kappa shape index (κ3) is 8.66. The van der Waals surface area contributed by atoms with Crippen LogP contribution in [-0.4, -0.2) is 30.5 Å². The summed E-state index contributed by atoms with van der Waals surface area (Å²) >= 11 is 1.53. The highest BCUT2D eigenvalue weighted by atomic mass is 35.5. The number of amides is 1. The molecule has 86 valence electrons. The van der Waals surface area contributed by atoms with Crippen LogP contribution in [-0.2, 0) is 4.79 Å². The van der Waals surface area contributed by atoms with Crippen LogP contribution >= 0.6 is 24.2 Å². The highest BCUT2D eigenvalue weighted by Gasteiger charge is 2.08. The van der Waals surface area contributed by atoms with Gasteiger partial charge in [-0.05, 0) is 12.7 Å². The van der Waals surface area contributed by atoms with E-state index < -0.39 is 0 Å². The van der Waals surface area contributed by atoms with Crippen molar-refractivity contribution in [1.29, 1.82) is 0 Å². The normalized spacial score (nSPS) is 11.6. The highest BCUT2D eigenvalue weighted by Crippen LogP contribution is 2.00. The molecular weight excluding hydrogens is 220 g/mol. The molecule has 5 heteroatoms. The molecule has 0 aromatic carbocycles. The number of halogens is 1. The summed E-state index contributed by atoms with van der Waals surface area (Å²) in [6, 6.07) is 0.166. The summed E-state index contributed by atoms with van der Waals surface area (Å²) in [6.07, 6.45) is 5.19. The quantitative estimate of drug-likeness (QED) is 0.708. The van der Waals surface area contributed by atoms with E-state index in [4.69, 9.17) is 5.73 Å². The zero-order valence-electron chi connectivity index (χ0n) is 8.91. The molecule has 0 saturated carbocycles. The van der Waals surface area contributed by atoms with Gasteiger partial charge in [-0.1, -0.05) is 19.8 Å². The largest absolute Gasteiger partial charge is 0.351 e. The fourth-order valence-corrected chi connectivity index (χ4v) is 1.45. The molecule has 14 heavy (non-hydrogen) atoms. The van der Waals surface area contributed by atoms with Crippen molar-refractivity contribution in [2.24, 2.45) is 5.73 Å². The molecule has 0 aliphatic heterocycles. The zero-order valence-corrected chi connectivity index (χ0v) is 10.5. The summed E-state index contributed by atoms with van der Waals surface area (Å²) in [6.45, 7) is 2.68. The number of nitrogens with one attached hydrogen (secondary N) is 1. The smallest absolute Gasteiger partial charge is 0.230 e. The van der Waals surface area contributed by atoms with E-state index in [1.807, 2.05) is 6.26 Å². The molecule has 0 aliphatic rings. The minimum atomic E-state index is 0. The Morgan fingerprint density at radius 2 is 2.21 bits per heavy atom. The Kier molecular flexibility index (Phi) is 13.1. The third-order valence-electron chi connectivity index (χ3n) is 1.83. The lowest BCUT2D eigenvalue weighted by molar-refractivity contribution is -0.119.